The third-order valence-electron chi connectivity index (χ3n) is 4.62. The van der Waals surface area contributed by atoms with Gasteiger partial charge in [-0.2, -0.15) is 5.26 Å². The fraction of sp³-hybridized carbons (Fsp3) is 0.0400. The Kier molecular flexibility index (Phi) is 5.22. The number of nitrogen functional groups attached to an aromatic ring is 1. The number of nitrogens with two attached hydrogens (primary N) is 1. The predicted octanol–water partition coefficient (Wildman–Crippen LogP) is 5.45. The highest BCUT2D eigenvalue weighted by molar-refractivity contribution is 5.80. The summed E-state index contributed by atoms with van der Waals surface area (Å²) in [6.07, 6.45) is 0. The molecule has 0 fully saturated rings. The topological polar surface area (TPSA) is 71.9 Å². The molecule has 0 aliphatic rings. The number of hydrogen-bond donors (Lipinski definition) is 1. The first-order valence-corrected chi connectivity index (χ1v) is 9.28. The first-order chi connectivity index (χ1) is 14.2. The van der Waals surface area contributed by atoms with E-state index >= 15 is 0 Å². The zero-order valence-corrected chi connectivity index (χ0v) is 15.7. The molecular formula is C25H19N3O. The maximum absolute atomic E-state index is 9.64. The van der Waals surface area contributed by atoms with Gasteiger partial charge in [0.25, 0.3) is 0 Å². The summed E-state index contributed by atoms with van der Waals surface area (Å²) in [5, 5.41) is 9.64. The summed E-state index contributed by atoms with van der Waals surface area (Å²) in [7, 11) is 0. The van der Waals surface area contributed by atoms with Crippen molar-refractivity contribution in [2.75, 3.05) is 5.73 Å². The van der Waals surface area contributed by atoms with Crippen molar-refractivity contribution in [3.8, 4) is 34.2 Å². The van der Waals surface area contributed by atoms with Crippen molar-refractivity contribution in [2.45, 2.75) is 6.61 Å². The normalized spacial score (nSPS) is 10.3. The highest BCUT2D eigenvalue weighted by Gasteiger charge is 2.14. The van der Waals surface area contributed by atoms with Crippen LogP contribution in [0.15, 0.2) is 91.0 Å². The van der Waals surface area contributed by atoms with Crippen LogP contribution in [0.25, 0.3) is 22.4 Å². The number of anilines is 1. The Bertz CT molecular complexity index is 1170. The van der Waals surface area contributed by atoms with E-state index < -0.39 is 0 Å². The van der Waals surface area contributed by atoms with E-state index in [-0.39, 0.29) is 5.82 Å². The van der Waals surface area contributed by atoms with E-state index in [1.165, 1.54) is 0 Å². The van der Waals surface area contributed by atoms with E-state index in [9.17, 15) is 5.26 Å². The van der Waals surface area contributed by atoms with Gasteiger partial charge in [-0.3, -0.25) is 0 Å². The summed E-state index contributed by atoms with van der Waals surface area (Å²) in [6, 6.07) is 31.6. The van der Waals surface area contributed by atoms with Gasteiger partial charge in [0.05, 0.1) is 5.69 Å². The summed E-state index contributed by atoms with van der Waals surface area (Å²) >= 11 is 0. The Morgan fingerprint density at radius 2 is 1.52 bits per heavy atom. The van der Waals surface area contributed by atoms with Crippen LogP contribution in [0.4, 0.5) is 5.82 Å². The maximum Gasteiger partial charge on any atom is 0.142 e. The third-order valence-corrected chi connectivity index (χ3v) is 4.62. The first-order valence-electron chi connectivity index (χ1n) is 9.28. The summed E-state index contributed by atoms with van der Waals surface area (Å²) in [5.74, 6) is 0.950. The number of nitrogens with zero attached hydrogens (tertiary/aromatic N) is 2. The lowest BCUT2D eigenvalue weighted by atomic mass is 9.98. The Labute approximate surface area is 169 Å². The Balaban J connectivity index is 1.70. The predicted molar refractivity (Wildman–Crippen MR) is 115 cm³/mol. The van der Waals surface area contributed by atoms with Crippen LogP contribution in [-0.4, -0.2) is 4.98 Å². The minimum Gasteiger partial charge on any atom is -0.489 e. The van der Waals surface area contributed by atoms with Crippen LogP contribution in [-0.2, 0) is 6.61 Å². The van der Waals surface area contributed by atoms with Crippen molar-refractivity contribution in [1.29, 1.82) is 5.26 Å². The van der Waals surface area contributed by atoms with Gasteiger partial charge in [-0.25, -0.2) is 4.98 Å². The van der Waals surface area contributed by atoms with Crippen molar-refractivity contribution in [1.82, 2.24) is 4.98 Å². The maximum atomic E-state index is 9.64. The molecule has 1 aromatic heterocycles. The lowest BCUT2D eigenvalue weighted by Crippen LogP contribution is -2.00. The van der Waals surface area contributed by atoms with Crippen LogP contribution in [0.5, 0.6) is 5.75 Å². The molecule has 0 spiro atoms. The molecule has 1 heterocycles. The van der Waals surface area contributed by atoms with Gasteiger partial charge in [-0.1, -0.05) is 72.8 Å². The second-order valence-electron chi connectivity index (χ2n) is 6.60. The molecule has 0 aliphatic heterocycles. The van der Waals surface area contributed by atoms with Crippen LogP contribution in [0, 0.1) is 11.3 Å². The van der Waals surface area contributed by atoms with Crippen molar-refractivity contribution >= 4 is 5.82 Å². The van der Waals surface area contributed by atoms with Crippen LogP contribution in [0.3, 0.4) is 0 Å². The summed E-state index contributed by atoms with van der Waals surface area (Å²) < 4.78 is 5.94. The number of hydrogen-bond acceptors (Lipinski definition) is 4. The van der Waals surface area contributed by atoms with E-state index in [0.29, 0.717) is 12.2 Å². The lowest BCUT2D eigenvalue weighted by molar-refractivity contribution is 0.306. The van der Waals surface area contributed by atoms with Crippen molar-refractivity contribution < 1.29 is 4.74 Å². The molecule has 4 nitrogen and oxygen atoms in total. The van der Waals surface area contributed by atoms with E-state index in [0.717, 1.165) is 33.7 Å². The molecule has 4 aromatic rings. The summed E-state index contributed by atoms with van der Waals surface area (Å²) in [5.41, 5.74) is 10.8. The van der Waals surface area contributed by atoms with Gasteiger partial charge in [-0.05, 0) is 29.3 Å². The Morgan fingerprint density at radius 1 is 0.828 bits per heavy atom. The molecule has 4 rings (SSSR count). The number of benzene rings is 3. The SMILES string of the molecule is N#Cc1c(-c2cccc(OCc3ccccc3)c2)cc(-c2ccccc2)nc1N. The van der Waals surface area contributed by atoms with Gasteiger partial charge in [-0.15, -0.1) is 0 Å². The first kappa shape index (κ1) is 18.3. The van der Waals surface area contributed by atoms with Gasteiger partial charge in [0.1, 0.15) is 29.8 Å². The zero-order valence-electron chi connectivity index (χ0n) is 15.7. The van der Waals surface area contributed by atoms with Crippen molar-refractivity contribution in [2.24, 2.45) is 0 Å². The van der Waals surface area contributed by atoms with Crippen LogP contribution >= 0.6 is 0 Å². The van der Waals surface area contributed by atoms with Crippen LogP contribution in [0.1, 0.15) is 11.1 Å². The summed E-state index contributed by atoms with van der Waals surface area (Å²) in [4.78, 5) is 4.42. The van der Waals surface area contributed by atoms with Gasteiger partial charge in [0.15, 0.2) is 0 Å². The number of pyridine rings is 1. The van der Waals surface area contributed by atoms with E-state index in [1.807, 2.05) is 91.0 Å². The molecular weight excluding hydrogens is 358 g/mol. The Hall–Kier alpha value is -4.10. The third kappa shape index (κ3) is 4.10. The molecule has 3 aromatic carbocycles. The number of aromatic nitrogens is 1. The molecule has 0 saturated carbocycles. The van der Waals surface area contributed by atoms with Gasteiger partial charge in [0, 0.05) is 11.1 Å². The Morgan fingerprint density at radius 3 is 2.24 bits per heavy atom. The fourth-order valence-electron chi connectivity index (χ4n) is 3.16. The molecule has 0 bridgehead atoms. The van der Waals surface area contributed by atoms with E-state index in [4.69, 9.17) is 10.5 Å². The van der Waals surface area contributed by atoms with Crippen LogP contribution < -0.4 is 10.5 Å². The highest BCUT2D eigenvalue weighted by Crippen LogP contribution is 2.32. The number of ether oxygens (including phenoxy) is 1. The van der Waals surface area contributed by atoms with Gasteiger partial charge < -0.3 is 10.5 Å². The van der Waals surface area contributed by atoms with E-state index in [1.54, 1.807) is 0 Å². The summed E-state index contributed by atoms with van der Waals surface area (Å²) in [6.45, 7) is 0.475. The minimum atomic E-state index is 0.222. The second-order valence-corrected chi connectivity index (χ2v) is 6.60. The molecule has 0 radical (unpaired) electrons. The van der Waals surface area contributed by atoms with Gasteiger partial charge in [0.2, 0.25) is 0 Å². The zero-order chi connectivity index (χ0) is 20.1. The molecule has 0 amide bonds. The number of rotatable bonds is 5. The van der Waals surface area contributed by atoms with Gasteiger partial charge >= 0.3 is 0 Å². The molecule has 0 atom stereocenters. The largest absolute Gasteiger partial charge is 0.489 e. The van der Waals surface area contributed by atoms with Crippen molar-refractivity contribution in [3.63, 3.8) is 0 Å². The molecule has 140 valence electrons. The average molecular weight is 377 g/mol. The van der Waals surface area contributed by atoms with Crippen LogP contribution in [0.2, 0.25) is 0 Å². The minimum absolute atomic E-state index is 0.222. The molecule has 0 aliphatic carbocycles. The molecule has 0 unspecified atom stereocenters. The standard InChI is InChI=1S/C25H19N3O/c26-16-23-22(15-24(28-25(23)27)19-10-5-2-6-11-19)20-12-7-13-21(14-20)29-17-18-8-3-1-4-9-18/h1-15H,17H2,(H2,27,28). The molecule has 29 heavy (non-hydrogen) atoms. The molecule has 2 N–H and O–H groups in total. The lowest BCUT2D eigenvalue weighted by Gasteiger charge is -2.12. The highest BCUT2D eigenvalue weighted by atomic mass is 16.5. The second kappa shape index (κ2) is 8.28. The smallest absolute Gasteiger partial charge is 0.142 e. The van der Waals surface area contributed by atoms with E-state index in [2.05, 4.69) is 11.1 Å². The quantitative estimate of drug-likeness (QED) is 0.502. The average Bonchev–Trinajstić information content (AvgIpc) is 2.78. The fourth-order valence-corrected chi connectivity index (χ4v) is 3.16. The molecule has 0 saturated heterocycles. The molecule has 4 heteroatoms. The number of nitriles is 1. The monoisotopic (exact) mass is 377 g/mol. The van der Waals surface area contributed by atoms with Crippen molar-refractivity contribution in [3.05, 3.63) is 102 Å².